The highest BCUT2D eigenvalue weighted by Crippen LogP contribution is 2.28. The lowest BCUT2D eigenvalue weighted by Crippen LogP contribution is -2.38. The van der Waals surface area contributed by atoms with Gasteiger partial charge in [0.1, 0.15) is 17.6 Å². The largest absolute Gasteiger partial charge is 0.357 e. The molecule has 1 aromatic rings. The van der Waals surface area contributed by atoms with Crippen molar-refractivity contribution in [2.75, 3.05) is 31.2 Å². The Balaban J connectivity index is 1.64. The van der Waals surface area contributed by atoms with Crippen LogP contribution in [-0.2, 0) is 9.47 Å². The molecule has 106 valence electrons. The van der Waals surface area contributed by atoms with Crippen molar-refractivity contribution >= 4 is 5.82 Å². The smallest absolute Gasteiger partial charge is 0.160 e. The molecule has 2 saturated heterocycles. The molecule has 3 rings (SSSR count). The molecule has 0 aromatic carbocycles. The van der Waals surface area contributed by atoms with E-state index in [-0.39, 0.29) is 6.29 Å². The summed E-state index contributed by atoms with van der Waals surface area (Å²) in [6.07, 6.45) is 2.07. The van der Waals surface area contributed by atoms with E-state index >= 15 is 0 Å². The van der Waals surface area contributed by atoms with Crippen LogP contribution in [0.5, 0.6) is 0 Å². The lowest BCUT2D eigenvalue weighted by atomic mass is 9.96. The Labute approximate surface area is 119 Å². The first-order valence-corrected chi connectivity index (χ1v) is 7.14. The first-order valence-electron chi connectivity index (χ1n) is 7.14. The van der Waals surface area contributed by atoms with Gasteiger partial charge in [0, 0.05) is 19.0 Å². The van der Waals surface area contributed by atoms with E-state index < -0.39 is 0 Å². The molecule has 0 N–H and O–H groups in total. The van der Waals surface area contributed by atoms with Gasteiger partial charge in [-0.15, -0.1) is 0 Å². The fraction of sp³-hybridized carbons (Fsp3) is 0.600. The minimum absolute atomic E-state index is 0.0159. The highest BCUT2D eigenvalue weighted by atomic mass is 16.7. The van der Waals surface area contributed by atoms with Gasteiger partial charge in [-0.25, -0.2) is 4.98 Å². The molecular weight excluding hydrogens is 254 g/mol. The van der Waals surface area contributed by atoms with Gasteiger partial charge in [-0.2, -0.15) is 5.26 Å². The predicted molar refractivity (Wildman–Crippen MR) is 74.3 cm³/mol. The van der Waals surface area contributed by atoms with E-state index in [1.54, 1.807) is 0 Å². The van der Waals surface area contributed by atoms with Crippen LogP contribution in [0, 0.1) is 24.2 Å². The molecule has 2 aliphatic rings. The number of rotatable bonds is 2. The molecule has 0 unspecified atom stereocenters. The van der Waals surface area contributed by atoms with Crippen LogP contribution in [0.25, 0.3) is 0 Å². The van der Waals surface area contributed by atoms with Crippen molar-refractivity contribution in [3.63, 3.8) is 0 Å². The molecule has 0 amide bonds. The molecule has 0 atom stereocenters. The van der Waals surface area contributed by atoms with Crippen LogP contribution in [0.4, 0.5) is 5.82 Å². The van der Waals surface area contributed by atoms with Crippen LogP contribution >= 0.6 is 0 Å². The highest BCUT2D eigenvalue weighted by Gasteiger charge is 2.30. The topological polar surface area (TPSA) is 58.4 Å². The minimum atomic E-state index is -0.0159. The Morgan fingerprint density at radius 3 is 2.60 bits per heavy atom. The number of hydrogen-bond acceptors (Lipinski definition) is 5. The molecule has 2 fully saturated rings. The summed E-state index contributed by atoms with van der Waals surface area (Å²) < 4.78 is 11.2. The average Bonchev–Trinajstić information content (AvgIpc) is 3.02. The molecule has 0 bridgehead atoms. The number of pyridine rings is 1. The van der Waals surface area contributed by atoms with Gasteiger partial charge < -0.3 is 14.4 Å². The summed E-state index contributed by atoms with van der Waals surface area (Å²) in [4.78, 5) is 6.68. The summed E-state index contributed by atoms with van der Waals surface area (Å²) in [7, 11) is 0. The summed E-state index contributed by atoms with van der Waals surface area (Å²) in [5, 5.41) is 9.06. The molecular formula is C15H19N3O2. The van der Waals surface area contributed by atoms with Crippen LogP contribution in [0.15, 0.2) is 12.1 Å². The molecule has 0 radical (unpaired) electrons. The van der Waals surface area contributed by atoms with Crippen LogP contribution < -0.4 is 4.90 Å². The molecule has 0 saturated carbocycles. The predicted octanol–water partition coefficient (Wildman–Crippen LogP) is 1.85. The van der Waals surface area contributed by atoms with Gasteiger partial charge in [0.15, 0.2) is 6.29 Å². The van der Waals surface area contributed by atoms with E-state index in [1.165, 1.54) is 0 Å². The first kappa shape index (κ1) is 13.3. The summed E-state index contributed by atoms with van der Waals surface area (Å²) in [6, 6.07) is 6.12. The third-order valence-electron chi connectivity index (χ3n) is 4.08. The molecule has 1 aromatic heterocycles. The number of anilines is 1. The van der Waals surface area contributed by atoms with E-state index in [4.69, 9.17) is 14.7 Å². The van der Waals surface area contributed by atoms with Crippen molar-refractivity contribution < 1.29 is 9.47 Å². The lowest BCUT2D eigenvalue weighted by Gasteiger charge is -2.34. The number of nitrogens with zero attached hydrogens (tertiary/aromatic N) is 3. The average molecular weight is 273 g/mol. The van der Waals surface area contributed by atoms with Gasteiger partial charge in [-0.1, -0.05) is 6.07 Å². The fourth-order valence-electron chi connectivity index (χ4n) is 2.86. The van der Waals surface area contributed by atoms with Crippen LogP contribution in [0.2, 0.25) is 0 Å². The second-order valence-corrected chi connectivity index (χ2v) is 5.38. The van der Waals surface area contributed by atoms with E-state index in [2.05, 4.69) is 16.0 Å². The van der Waals surface area contributed by atoms with Gasteiger partial charge in [0.05, 0.1) is 13.2 Å². The van der Waals surface area contributed by atoms with Crippen LogP contribution in [0.3, 0.4) is 0 Å². The summed E-state index contributed by atoms with van der Waals surface area (Å²) in [6.45, 7) is 5.23. The van der Waals surface area contributed by atoms with Gasteiger partial charge in [0.25, 0.3) is 0 Å². The van der Waals surface area contributed by atoms with Crippen molar-refractivity contribution in [2.24, 2.45) is 5.92 Å². The third-order valence-corrected chi connectivity index (χ3v) is 4.08. The highest BCUT2D eigenvalue weighted by molar-refractivity contribution is 5.45. The lowest BCUT2D eigenvalue weighted by molar-refractivity contribution is -0.0889. The first-order chi connectivity index (χ1) is 9.78. The van der Waals surface area contributed by atoms with Crippen LogP contribution in [-0.4, -0.2) is 37.6 Å². The van der Waals surface area contributed by atoms with Gasteiger partial charge in [-0.3, -0.25) is 0 Å². The molecule has 2 aliphatic heterocycles. The summed E-state index contributed by atoms with van der Waals surface area (Å²) in [5.41, 5.74) is 1.45. The molecule has 5 heteroatoms. The van der Waals surface area contributed by atoms with E-state index in [1.807, 2.05) is 19.1 Å². The standard InChI is InChI=1S/C15H19N3O2/c1-11-2-3-14(17-13(11)10-16)18-6-4-12(5-7-18)15-19-8-9-20-15/h2-3,12,15H,4-9H2,1H3. The van der Waals surface area contributed by atoms with Crippen molar-refractivity contribution in [1.29, 1.82) is 5.26 Å². The Morgan fingerprint density at radius 1 is 1.25 bits per heavy atom. The normalized spacial score (nSPS) is 21.1. The number of hydrogen-bond donors (Lipinski definition) is 0. The van der Waals surface area contributed by atoms with Gasteiger partial charge in [0.2, 0.25) is 0 Å². The van der Waals surface area contributed by atoms with Crippen LogP contribution in [0.1, 0.15) is 24.1 Å². The Bertz CT molecular complexity index is 512. The maximum Gasteiger partial charge on any atom is 0.160 e. The van der Waals surface area contributed by atoms with Gasteiger partial charge in [-0.05, 0) is 31.4 Å². The molecule has 0 spiro atoms. The zero-order valence-corrected chi connectivity index (χ0v) is 11.7. The van der Waals surface area contributed by atoms with Crippen molar-refractivity contribution in [2.45, 2.75) is 26.1 Å². The van der Waals surface area contributed by atoms with E-state index in [0.717, 1.165) is 50.5 Å². The van der Waals surface area contributed by atoms with Crippen molar-refractivity contribution in [3.8, 4) is 6.07 Å². The van der Waals surface area contributed by atoms with Crippen molar-refractivity contribution in [3.05, 3.63) is 23.4 Å². The number of nitriles is 1. The number of aromatic nitrogens is 1. The number of ether oxygens (including phenoxy) is 2. The number of piperidine rings is 1. The quantitative estimate of drug-likeness (QED) is 0.823. The number of aryl methyl sites for hydroxylation is 1. The van der Waals surface area contributed by atoms with E-state index in [0.29, 0.717) is 11.6 Å². The Kier molecular flexibility index (Phi) is 3.86. The minimum Gasteiger partial charge on any atom is -0.357 e. The zero-order chi connectivity index (χ0) is 13.9. The fourth-order valence-corrected chi connectivity index (χ4v) is 2.86. The SMILES string of the molecule is Cc1ccc(N2CCC(C3OCCO3)CC2)nc1C#N. The third kappa shape index (κ3) is 2.62. The van der Waals surface area contributed by atoms with Crippen molar-refractivity contribution in [1.82, 2.24) is 4.98 Å². The maximum atomic E-state index is 9.06. The molecule has 3 heterocycles. The second-order valence-electron chi connectivity index (χ2n) is 5.38. The summed E-state index contributed by atoms with van der Waals surface area (Å²) >= 11 is 0. The van der Waals surface area contributed by atoms with E-state index in [9.17, 15) is 0 Å². The monoisotopic (exact) mass is 273 g/mol. The Morgan fingerprint density at radius 2 is 1.95 bits per heavy atom. The maximum absolute atomic E-state index is 9.06. The molecule has 20 heavy (non-hydrogen) atoms. The second kappa shape index (κ2) is 5.78. The molecule has 0 aliphatic carbocycles. The summed E-state index contributed by atoms with van der Waals surface area (Å²) in [5.74, 6) is 1.38. The van der Waals surface area contributed by atoms with Gasteiger partial charge >= 0.3 is 0 Å². The molecule has 5 nitrogen and oxygen atoms in total. The zero-order valence-electron chi connectivity index (χ0n) is 11.7. The Hall–Kier alpha value is -1.64.